The number of hydrogen-bond acceptors (Lipinski definition) is 6. The Balaban J connectivity index is 2.17. The van der Waals surface area contributed by atoms with E-state index < -0.39 is 28.3 Å². The second-order valence-corrected chi connectivity index (χ2v) is 8.71. The van der Waals surface area contributed by atoms with Crippen LogP contribution in [0.25, 0.3) is 0 Å². The molecular formula is C20H28N2O5S. The summed E-state index contributed by atoms with van der Waals surface area (Å²) < 4.78 is 32.1. The van der Waals surface area contributed by atoms with Gasteiger partial charge in [0.15, 0.2) is 0 Å². The first kappa shape index (κ1) is 22.3. The molecule has 0 radical (unpaired) electrons. The summed E-state index contributed by atoms with van der Waals surface area (Å²) in [4.78, 5) is 0.0535. The third-order valence-electron chi connectivity index (χ3n) is 4.36. The molecule has 0 aliphatic rings. The van der Waals surface area contributed by atoms with E-state index in [-0.39, 0.29) is 18.0 Å². The van der Waals surface area contributed by atoms with Crippen molar-refractivity contribution in [3.05, 3.63) is 60.2 Å². The zero-order valence-electron chi connectivity index (χ0n) is 16.1. The molecule has 0 heterocycles. The molecule has 8 heteroatoms. The molecule has 4 N–H and O–H groups in total. The van der Waals surface area contributed by atoms with Gasteiger partial charge in [0.25, 0.3) is 0 Å². The number of aliphatic hydroxyl groups is 2. The highest BCUT2D eigenvalue weighted by Crippen LogP contribution is 2.20. The number of rotatable bonds is 10. The van der Waals surface area contributed by atoms with E-state index in [0.717, 1.165) is 9.87 Å². The van der Waals surface area contributed by atoms with E-state index in [2.05, 4.69) is 0 Å². The number of nitrogens with two attached hydrogens (primary N) is 1. The summed E-state index contributed by atoms with van der Waals surface area (Å²) in [5.74, 6) is 0.533. The van der Waals surface area contributed by atoms with E-state index >= 15 is 0 Å². The summed E-state index contributed by atoms with van der Waals surface area (Å²) in [6.07, 6.45) is -1.58. The minimum Gasteiger partial charge on any atom is -0.497 e. The zero-order chi connectivity index (χ0) is 20.7. The fourth-order valence-corrected chi connectivity index (χ4v) is 4.37. The van der Waals surface area contributed by atoms with Gasteiger partial charge in [0.05, 0.1) is 24.2 Å². The van der Waals surface area contributed by atoms with Crippen LogP contribution in [0.1, 0.15) is 12.5 Å². The molecule has 0 aliphatic carbocycles. The molecule has 2 aromatic rings. The highest BCUT2D eigenvalue weighted by atomic mass is 32.2. The Kier molecular flexibility index (Phi) is 7.97. The van der Waals surface area contributed by atoms with E-state index in [1.165, 1.54) is 26.2 Å². The van der Waals surface area contributed by atoms with Gasteiger partial charge in [-0.1, -0.05) is 30.3 Å². The van der Waals surface area contributed by atoms with Gasteiger partial charge in [-0.3, -0.25) is 0 Å². The van der Waals surface area contributed by atoms with E-state index in [1.54, 1.807) is 12.1 Å². The third kappa shape index (κ3) is 6.02. The molecule has 0 fully saturated rings. The largest absolute Gasteiger partial charge is 0.497 e. The molecule has 0 aliphatic heterocycles. The average molecular weight is 409 g/mol. The zero-order valence-corrected chi connectivity index (χ0v) is 16.9. The summed E-state index contributed by atoms with van der Waals surface area (Å²) in [6.45, 7) is 1.13. The molecule has 3 atom stereocenters. The van der Waals surface area contributed by atoms with Gasteiger partial charge < -0.3 is 20.7 Å². The van der Waals surface area contributed by atoms with Gasteiger partial charge in [0.2, 0.25) is 10.0 Å². The van der Waals surface area contributed by atoms with E-state index in [1.807, 2.05) is 30.3 Å². The molecule has 2 rings (SSSR count). The maximum Gasteiger partial charge on any atom is 0.243 e. The number of benzene rings is 2. The molecule has 0 saturated heterocycles. The van der Waals surface area contributed by atoms with Crippen LogP contribution in [0.4, 0.5) is 0 Å². The number of nitrogens with zero attached hydrogens (tertiary/aromatic N) is 1. The van der Waals surface area contributed by atoms with Crippen molar-refractivity contribution in [3.8, 4) is 5.75 Å². The molecule has 0 saturated carbocycles. The van der Waals surface area contributed by atoms with Crippen LogP contribution in [0.2, 0.25) is 0 Å². The minimum atomic E-state index is -3.92. The quantitative estimate of drug-likeness (QED) is 0.541. The Labute approximate surface area is 166 Å². The number of ether oxygens (including phenoxy) is 1. The number of hydrogen-bond donors (Lipinski definition) is 3. The molecule has 0 spiro atoms. The van der Waals surface area contributed by atoms with Crippen LogP contribution in [0.15, 0.2) is 59.5 Å². The molecule has 154 valence electrons. The summed E-state index contributed by atoms with van der Waals surface area (Å²) in [6, 6.07) is 14.7. The van der Waals surface area contributed by atoms with Crippen molar-refractivity contribution in [3.63, 3.8) is 0 Å². The monoisotopic (exact) mass is 408 g/mol. The Morgan fingerprint density at radius 3 is 2.18 bits per heavy atom. The highest BCUT2D eigenvalue weighted by molar-refractivity contribution is 7.89. The number of methoxy groups -OCH3 is 1. The number of sulfonamides is 1. The Hall–Kier alpha value is -1.97. The van der Waals surface area contributed by atoms with Crippen molar-refractivity contribution in [2.45, 2.75) is 36.5 Å². The first-order valence-corrected chi connectivity index (χ1v) is 10.5. The molecular weight excluding hydrogens is 380 g/mol. The molecule has 28 heavy (non-hydrogen) atoms. The standard InChI is InChI=1S/C20H28N2O5S/c1-15(23)13-22(28(25,26)18-10-8-17(27-2)9-11-18)14-20(24)19(21)12-16-6-4-3-5-7-16/h3-11,15,19-20,23-24H,12-14,21H2,1-2H3/t15-,19-,20+/m0/s1. The lowest BCUT2D eigenvalue weighted by molar-refractivity contribution is 0.0985. The van der Waals surface area contributed by atoms with Crippen LogP contribution in [0, 0.1) is 0 Å². The van der Waals surface area contributed by atoms with Crippen LogP contribution in [-0.4, -0.2) is 61.4 Å². The summed E-state index contributed by atoms with van der Waals surface area (Å²) in [5.41, 5.74) is 7.05. The molecule has 2 aromatic carbocycles. The van der Waals surface area contributed by atoms with Crippen molar-refractivity contribution in [1.29, 1.82) is 0 Å². The Morgan fingerprint density at radius 1 is 1.04 bits per heavy atom. The highest BCUT2D eigenvalue weighted by Gasteiger charge is 2.29. The van der Waals surface area contributed by atoms with Crippen molar-refractivity contribution in [1.82, 2.24) is 4.31 Å². The van der Waals surface area contributed by atoms with Crippen molar-refractivity contribution < 1.29 is 23.4 Å². The van der Waals surface area contributed by atoms with E-state index in [4.69, 9.17) is 10.5 Å². The first-order valence-electron chi connectivity index (χ1n) is 9.04. The lowest BCUT2D eigenvalue weighted by Crippen LogP contribution is -2.48. The predicted octanol–water partition coefficient (Wildman–Crippen LogP) is 0.998. The second kappa shape index (κ2) is 9.99. The smallest absolute Gasteiger partial charge is 0.243 e. The topological polar surface area (TPSA) is 113 Å². The molecule has 0 aromatic heterocycles. The van der Waals surface area contributed by atoms with Crippen molar-refractivity contribution in [2.24, 2.45) is 5.73 Å². The summed E-state index contributed by atoms with van der Waals surface area (Å²) >= 11 is 0. The summed E-state index contributed by atoms with van der Waals surface area (Å²) in [5, 5.41) is 20.3. The normalized spacial score (nSPS) is 15.2. The van der Waals surface area contributed by atoms with E-state index in [0.29, 0.717) is 12.2 Å². The van der Waals surface area contributed by atoms with E-state index in [9.17, 15) is 18.6 Å². The van der Waals surface area contributed by atoms with Crippen molar-refractivity contribution in [2.75, 3.05) is 20.2 Å². The lowest BCUT2D eigenvalue weighted by Gasteiger charge is -2.28. The fraction of sp³-hybridized carbons (Fsp3) is 0.400. The molecule has 7 nitrogen and oxygen atoms in total. The average Bonchev–Trinajstić information content (AvgIpc) is 2.67. The fourth-order valence-electron chi connectivity index (χ4n) is 2.83. The van der Waals surface area contributed by atoms with Gasteiger partial charge >= 0.3 is 0 Å². The Morgan fingerprint density at radius 2 is 1.64 bits per heavy atom. The van der Waals surface area contributed by atoms with Crippen LogP contribution >= 0.6 is 0 Å². The maximum absolute atomic E-state index is 13.0. The lowest BCUT2D eigenvalue weighted by atomic mass is 10.0. The Bertz CT molecular complexity index is 825. The summed E-state index contributed by atoms with van der Waals surface area (Å²) in [7, 11) is -2.43. The van der Waals surface area contributed by atoms with Gasteiger partial charge in [-0.2, -0.15) is 4.31 Å². The minimum absolute atomic E-state index is 0.0535. The van der Waals surface area contributed by atoms with Gasteiger partial charge in [-0.05, 0) is 43.2 Å². The molecule has 0 amide bonds. The van der Waals surface area contributed by atoms with Crippen LogP contribution in [0.3, 0.4) is 0 Å². The van der Waals surface area contributed by atoms with Gasteiger partial charge in [-0.25, -0.2) is 8.42 Å². The number of aliphatic hydroxyl groups excluding tert-OH is 2. The van der Waals surface area contributed by atoms with Crippen LogP contribution in [-0.2, 0) is 16.4 Å². The van der Waals surface area contributed by atoms with Gasteiger partial charge in [0, 0.05) is 19.1 Å². The first-order chi connectivity index (χ1) is 13.2. The maximum atomic E-state index is 13.0. The van der Waals surface area contributed by atoms with Gasteiger partial charge in [0.1, 0.15) is 5.75 Å². The van der Waals surface area contributed by atoms with Gasteiger partial charge in [-0.15, -0.1) is 0 Å². The SMILES string of the molecule is COc1ccc(S(=O)(=O)N(C[C@H](C)O)C[C@@H](O)[C@@H](N)Cc2ccccc2)cc1. The third-order valence-corrected chi connectivity index (χ3v) is 6.21. The second-order valence-electron chi connectivity index (χ2n) is 6.77. The molecule has 0 unspecified atom stereocenters. The van der Waals surface area contributed by atoms with Crippen LogP contribution in [0.5, 0.6) is 5.75 Å². The van der Waals surface area contributed by atoms with Crippen molar-refractivity contribution >= 4 is 10.0 Å². The van der Waals surface area contributed by atoms with Crippen LogP contribution < -0.4 is 10.5 Å². The predicted molar refractivity (Wildman–Crippen MR) is 108 cm³/mol. The molecule has 0 bridgehead atoms.